The molecule has 64 valence electrons. The van der Waals surface area contributed by atoms with E-state index in [0.29, 0.717) is 19.3 Å². The quantitative estimate of drug-likeness (QED) is 0.455. The highest BCUT2D eigenvalue weighted by atomic mass is 16.1. The predicted octanol–water partition coefficient (Wildman–Crippen LogP) is 1.15. The molecule has 3 nitrogen and oxygen atoms in total. The number of Topliss-reactive ketones (excluding diaryl/α,β-unsaturated/α-hetero) is 1. The van der Waals surface area contributed by atoms with Crippen molar-refractivity contribution in [1.29, 1.82) is 0 Å². The fourth-order valence-corrected chi connectivity index (χ4v) is 0.285. The molecule has 11 heavy (non-hydrogen) atoms. The van der Waals surface area contributed by atoms with Crippen molar-refractivity contribution in [3.8, 4) is 0 Å². The largest absolute Gasteiger partial charge is 0.303 e. The lowest BCUT2D eigenvalue weighted by molar-refractivity contribution is -0.115. The van der Waals surface area contributed by atoms with Crippen molar-refractivity contribution in [3.05, 3.63) is 0 Å². The Morgan fingerprint density at radius 2 is 1.36 bits per heavy atom. The molecule has 0 heterocycles. The number of carbonyl (C=O) groups excluding carboxylic acids is 3. The van der Waals surface area contributed by atoms with Crippen molar-refractivity contribution in [1.82, 2.24) is 0 Å². The lowest BCUT2D eigenvalue weighted by Crippen LogP contribution is -1.76. The third-order valence-corrected chi connectivity index (χ3v) is 0.644. The van der Waals surface area contributed by atoms with Gasteiger partial charge in [0.05, 0.1) is 0 Å². The van der Waals surface area contributed by atoms with Gasteiger partial charge in [-0.3, -0.25) is 0 Å². The number of aldehydes is 2. The number of rotatable bonds is 4. The van der Waals surface area contributed by atoms with Gasteiger partial charge in [-0.1, -0.05) is 0 Å². The molecular weight excluding hydrogens is 144 g/mol. The highest BCUT2D eigenvalue weighted by Gasteiger charge is 1.80. The van der Waals surface area contributed by atoms with Crippen molar-refractivity contribution >= 4 is 18.4 Å². The monoisotopic (exact) mass is 158 g/mol. The molecule has 0 aromatic carbocycles. The van der Waals surface area contributed by atoms with Gasteiger partial charge in [0.15, 0.2) is 0 Å². The SMILES string of the molecule is CC(C)=O.O=CCCCC=O. The van der Waals surface area contributed by atoms with E-state index in [9.17, 15) is 14.4 Å². The molecule has 0 bridgehead atoms. The topological polar surface area (TPSA) is 51.2 Å². The molecule has 0 aliphatic carbocycles. The zero-order valence-corrected chi connectivity index (χ0v) is 7.00. The molecular formula is C8H14O3. The lowest BCUT2D eigenvalue weighted by atomic mass is 10.3. The molecule has 0 saturated carbocycles. The van der Waals surface area contributed by atoms with Crippen LogP contribution < -0.4 is 0 Å². The molecule has 0 radical (unpaired) electrons. The van der Waals surface area contributed by atoms with Crippen molar-refractivity contribution < 1.29 is 14.4 Å². The highest BCUT2D eigenvalue weighted by Crippen LogP contribution is 1.85. The first kappa shape index (κ1) is 12.7. The Morgan fingerprint density at radius 3 is 1.55 bits per heavy atom. The first-order chi connectivity index (χ1) is 5.15. The van der Waals surface area contributed by atoms with Gasteiger partial charge in [0.25, 0.3) is 0 Å². The van der Waals surface area contributed by atoms with Gasteiger partial charge in [0.1, 0.15) is 18.4 Å². The van der Waals surface area contributed by atoms with E-state index in [1.54, 1.807) is 0 Å². The number of hydrogen-bond donors (Lipinski definition) is 0. The molecule has 0 aliphatic heterocycles. The average Bonchev–Trinajstić information content (AvgIpc) is 1.88. The Hall–Kier alpha value is -0.990. The Bertz CT molecular complexity index is 107. The van der Waals surface area contributed by atoms with Crippen LogP contribution in [0.5, 0.6) is 0 Å². The molecule has 0 aliphatic rings. The zero-order chi connectivity index (χ0) is 9.11. The van der Waals surface area contributed by atoms with Crippen LogP contribution in [0.2, 0.25) is 0 Å². The van der Waals surface area contributed by atoms with Gasteiger partial charge < -0.3 is 14.4 Å². The van der Waals surface area contributed by atoms with Gasteiger partial charge in [-0.25, -0.2) is 0 Å². The molecule has 0 rings (SSSR count). The van der Waals surface area contributed by atoms with Crippen molar-refractivity contribution in [2.45, 2.75) is 33.1 Å². The molecule has 0 fully saturated rings. The van der Waals surface area contributed by atoms with Crippen LogP contribution in [0.25, 0.3) is 0 Å². The summed E-state index contributed by atoms with van der Waals surface area (Å²) in [7, 11) is 0. The van der Waals surface area contributed by atoms with E-state index in [1.807, 2.05) is 0 Å². The van der Waals surface area contributed by atoms with Crippen LogP contribution in [0.4, 0.5) is 0 Å². The second-order valence-electron chi connectivity index (χ2n) is 2.17. The summed E-state index contributed by atoms with van der Waals surface area (Å²) in [5, 5.41) is 0. The van der Waals surface area contributed by atoms with Crippen LogP contribution in [0.1, 0.15) is 33.1 Å². The minimum absolute atomic E-state index is 0.167. The highest BCUT2D eigenvalue weighted by molar-refractivity contribution is 5.72. The molecule has 0 unspecified atom stereocenters. The Balaban J connectivity index is 0. The van der Waals surface area contributed by atoms with E-state index in [1.165, 1.54) is 13.8 Å². The molecule has 3 heteroatoms. The van der Waals surface area contributed by atoms with Gasteiger partial charge >= 0.3 is 0 Å². The molecule has 0 aromatic rings. The summed E-state index contributed by atoms with van der Waals surface area (Å²) in [6.45, 7) is 3.06. The predicted molar refractivity (Wildman–Crippen MR) is 42.3 cm³/mol. The van der Waals surface area contributed by atoms with E-state index in [-0.39, 0.29) is 5.78 Å². The number of ketones is 1. The van der Waals surface area contributed by atoms with E-state index in [0.717, 1.165) is 12.6 Å². The second kappa shape index (κ2) is 11.8. The molecule has 0 saturated heterocycles. The van der Waals surface area contributed by atoms with Gasteiger partial charge in [-0.05, 0) is 20.3 Å². The normalized spacial score (nSPS) is 7.45. The number of carbonyl (C=O) groups is 3. The number of unbranched alkanes of at least 4 members (excludes halogenated alkanes) is 2. The summed E-state index contributed by atoms with van der Waals surface area (Å²) in [5.74, 6) is 0.167. The molecule has 0 N–H and O–H groups in total. The van der Waals surface area contributed by atoms with Crippen LogP contribution in [-0.2, 0) is 14.4 Å². The minimum Gasteiger partial charge on any atom is -0.303 e. The fourth-order valence-electron chi connectivity index (χ4n) is 0.285. The van der Waals surface area contributed by atoms with Crippen molar-refractivity contribution in [2.24, 2.45) is 0 Å². The third-order valence-electron chi connectivity index (χ3n) is 0.644. The Labute approximate surface area is 66.8 Å². The van der Waals surface area contributed by atoms with E-state index < -0.39 is 0 Å². The molecule has 0 amide bonds. The van der Waals surface area contributed by atoms with Crippen LogP contribution >= 0.6 is 0 Å². The summed E-state index contributed by atoms with van der Waals surface area (Å²) in [6.07, 6.45) is 3.37. The smallest absolute Gasteiger partial charge is 0.126 e. The summed E-state index contributed by atoms with van der Waals surface area (Å²) < 4.78 is 0. The van der Waals surface area contributed by atoms with E-state index in [2.05, 4.69) is 0 Å². The van der Waals surface area contributed by atoms with Crippen LogP contribution in [0, 0.1) is 0 Å². The van der Waals surface area contributed by atoms with E-state index in [4.69, 9.17) is 0 Å². The molecule has 0 spiro atoms. The second-order valence-corrected chi connectivity index (χ2v) is 2.17. The fraction of sp³-hybridized carbons (Fsp3) is 0.625. The Morgan fingerprint density at radius 1 is 1.09 bits per heavy atom. The first-order valence-corrected chi connectivity index (χ1v) is 3.49. The maximum absolute atomic E-state index is 9.56. The molecule has 0 atom stereocenters. The lowest BCUT2D eigenvalue weighted by Gasteiger charge is -1.78. The summed E-state index contributed by atoms with van der Waals surface area (Å²) >= 11 is 0. The maximum Gasteiger partial charge on any atom is 0.126 e. The number of hydrogen-bond acceptors (Lipinski definition) is 3. The van der Waals surface area contributed by atoms with Crippen LogP contribution in [0.3, 0.4) is 0 Å². The Kier molecular flexibility index (Phi) is 13.5. The summed E-state index contributed by atoms with van der Waals surface area (Å²) in [6, 6.07) is 0. The molecule has 0 aromatic heterocycles. The average molecular weight is 158 g/mol. The van der Waals surface area contributed by atoms with Gasteiger partial charge in [0, 0.05) is 12.8 Å². The van der Waals surface area contributed by atoms with Crippen LogP contribution in [0.15, 0.2) is 0 Å². The minimum atomic E-state index is 0.167. The summed E-state index contributed by atoms with van der Waals surface area (Å²) in [4.78, 5) is 28.6. The third kappa shape index (κ3) is 48.9. The zero-order valence-electron chi connectivity index (χ0n) is 7.00. The van der Waals surface area contributed by atoms with Gasteiger partial charge in [-0.2, -0.15) is 0 Å². The van der Waals surface area contributed by atoms with E-state index >= 15 is 0 Å². The van der Waals surface area contributed by atoms with Crippen molar-refractivity contribution in [2.75, 3.05) is 0 Å². The first-order valence-electron chi connectivity index (χ1n) is 3.49. The van der Waals surface area contributed by atoms with Gasteiger partial charge in [-0.15, -0.1) is 0 Å². The maximum atomic E-state index is 9.56. The van der Waals surface area contributed by atoms with Crippen LogP contribution in [-0.4, -0.2) is 18.4 Å². The standard InChI is InChI=1S/C5H8O2.C3H6O/c6-4-2-1-3-5-7;1-3(2)4/h4-5H,1-3H2;1-2H3. The van der Waals surface area contributed by atoms with Crippen molar-refractivity contribution in [3.63, 3.8) is 0 Å². The summed E-state index contributed by atoms with van der Waals surface area (Å²) in [5.41, 5.74) is 0. The van der Waals surface area contributed by atoms with Gasteiger partial charge in [0.2, 0.25) is 0 Å².